The maximum atomic E-state index is 12.9. The molecule has 1 saturated heterocycles. The molecule has 130 valence electrons. The van der Waals surface area contributed by atoms with Crippen LogP contribution in [0, 0.1) is 0 Å². The summed E-state index contributed by atoms with van der Waals surface area (Å²) >= 11 is 1.64. The third-order valence-electron chi connectivity index (χ3n) is 4.25. The van der Waals surface area contributed by atoms with Crippen molar-refractivity contribution in [1.29, 1.82) is 0 Å². The number of carbonyl (C=O) groups is 1. The van der Waals surface area contributed by atoms with Gasteiger partial charge in [-0.25, -0.2) is 9.97 Å². The smallest absolute Gasteiger partial charge is 0.229 e. The van der Waals surface area contributed by atoms with Crippen LogP contribution in [-0.4, -0.2) is 45.0 Å². The minimum Gasteiger partial charge on any atom is -0.336 e. The molecule has 0 spiro atoms. The molecule has 1 atom stereocenters. The van der Waals surface area contributed by atoms with E-state index in [2.05, 4.69) is 36.1 Å². The predicted molar refractivity (Wildman–Crippen MR) is 95.0 cm³/mol. The SMILES string of the molecule is Cn1ccnc1C1CNCCN1C(=O)Cc1csc(C(C)(C)C)n1. The molecule has 0 bridgehead atoms. The molecule has 0 radical (unpaired) electrons. The molecular formula is C17H25N5OS. The molecular weight excluding hydrogens is 322 g/mol. The molecule has 1 fully saturated rings. The molecule has 0 aromatic carbocycles. The fraction of sp³-hybridized carbons (Fsp3) is 0.588. The number of hydrogen-bond acceptors (Lipinski definition) is 5. The van der Waals surface area contributed by atoms with Crippen molar-refractivity contribution >= 4 is 17.2 Å². The van der Waals surface area contributed by atoms with Crippen molar-refractivity contribution in [3.05, 3.63) is 34.3 Å². The molecule has 0 aliphatic carbocycles. The van der Waals surface area contributed by atoms with E-state index in [-0.39, 0.29) is 17.4 Å². The van der Waals surface area contributed by atoms with E-state index in [0.717, 1.165) is 29.6 Å². The van der Waals surface area contributed by atoms with Gasteiger partial charge in [-0.05, 0) is 0 Å². The van der Waals surface area contributed by atoms with Gasteiger partial charge in [-0.3, -0.25) is 4.79 Å². The first kappa shape index (κ1) is 17.1. The topological polar surface area (TPSA) is 63.1 Å². The number of imidazole rings is 1. The normalized spacial score (nSPS) is 18.8. The van der Waals surface area contributed by atoms with E-state index in [1.807, 2.05) is 28.1 Å². The minimum atomic E-state index is -0.0213. The summed E-state index contributed by atoms with van der Waals surface area (Å²) < 4.78 is 1.98. The third kappa shape index (κ3) is 3.52. The van der Waals surface area contributed by atoms with E-state index in [0.29, 0.717) is 13.0 Å². The Bertz CT molecular complexity index is 715. The molecule has 7 heteroatoms. The zero-order valence-electron chi connectivity index (χ0n) is 14.7. The van der Waals surface area contributed by atoms with Gasteiger partial charge >= 0.3 is 0 Å². The quantitative estimate of drug-likeness (QED) is 0.921. The third-order valence-corrected chi connectivity index (χ3v) is 5.56. The second-order valence-corrected chi connectivity index (χ2v) is 8.13. The minimum absolute atomic E-state index is 0.0213. The molecule has 6 nitrogen and oxygen atoms in total. The highest BCUT2D eigenvalue weighted by Crippen LogP contribution is 2.27. The molecule has 24 heavy (non-hydrogen) atoms. The standard InChI is InChI=1S/C17H25N5OS/c1-17(2,3)16-20-12(11-24-16)9-14(23)22-8-5-18-10-13(22)15-19-6-7-21(15)4/h6-7,11,13,18H,5,8-10H2,1-4H3. The molecule has 3 heterocycles. The highest BCUT2D eigenvalue weighted by Gasteiger charge is 2.30. The largest absolute Gasteiger partial charge is 0.336 e. The first-order chi connectivity index (χ1) is 11.4. The maximum absolute atomic E-state index is 12.9. The average molecular weight is 347 g/mol. The van der Waals surface area contributed by atoms with E-state index in [1.54, 1.807) is 17.5 Å². The molecule has 1 unspecified atom stereocenters. The van der Waals surface area contributed by atoms with Gasteiger partial charge in [0, 0.05) is 49.9 Å². The summed E-state index contributed by atoms with van der Waals surface area (Å²) in [6.07, 6.45) is 4.05. The second-order valence-electron chi connectivity index (χ2n) is 7.27. The van der Waals surface area contributed by atoms with Gasteiger partial charge in [0.25, 0.3) is 0 Å². The fourth-order valence-corrected chi connectivity index (χ4v) is 3.83. The summed E-state index contributed by atoms with van der Waals surface area (Å²) in [5.74, 6) is 1.04. The van der Waals surface area contributed by atoms with Crippen molar-refractivity contribution in [2.24, 2.45) is 7.05 Å². The Morgan fingerprint density at radius 2 is 2.25 bits per heavy atom. The number of thiazole rings is 1. The van der Waals surface area contributed by atoms with E-state index in [4.69, 9.17) is 0 Å². The van der Waals surface area contributed by atoms with Crippen molar-refractivity contribution in [3.63, 3.8) is 0 Å². The number of nitrogens with zero attached hydrogens (tertiary/aromatic N) is 4. The van der Waals surface area contributed by atoms with Crippen LogP contribution in [0.15, 0.2) is 17.8 Å². The van der Waals surface area contributed by atoms with Gasteiger partial charge in [-0.2, -0.15) is 0 Å². The van der Waals surface area contributed by atoms with Crippen LogP contribution in [-0.2, 0) is 23.7 Å². The van der Waals surface area contributed by atoms with E-state index in [1.165, 1.54) is 0 Å². The van der Waals surface area contributed by atoms with Crippen LogP contribution in [0.3, 0.4) is 0 Å². The Hall–Kier alpha value is -1.73. The molecule has 1 aliphatic heterocycles. The van der Waals surface area contributed by atoms with E-state index in [9.17, 15) is 4.79 Å². The van der Waals surface area contributed by atoms with Crippen LogP contribution in [0.5, 0.6) is 0 Å². The Morgan fingerprint density at radius 1 is 1.46 bits per heavy atom. The number of aryl methyl sites for hydroxylation is 1. The van der Waals surface area contributed by atoms with Crippen molar-refractivity contribution in [1.82, 2.24) is 24.8 Å². The number of carbonyl (C=O) groups excluding carboxylic acids is 1. The number of nitrogens with one attached hydrogen (secondary N) is 1. The lowest BCUT2D eigenvalue weighted by Gasteiger charge is -2.35. The molecule has 2 aromatic heterocycles. The van der Waals surface area contributed by atoms with Crippen LogP contribution in [0.2, 0.25) is 0 Å². The van der Waals surface area contributed by atoms with Crippen molar-refractivity contribution < 1.29 is 4.79 Å². The van der Waals surface area contributed by atoms with Crippen LogP contribution in [0.25, 0.3) is 0 Å². The Labute approximate surface area is 146 Å². The number of amides is 1. The fourth-order valence-electron chi connectivity index (χ4n) is 2.92. The maximum Gasteiger partial charge on any atom is 0.229 e. The van der Waals surface area contributed by atoms with Crippen LogP contribution < -0.4 is 5.32 Å². The van der Waals surface area contributed by atoms with Crippen LogP contribution >= 0.6 is 11.3 Å². The van der Waals surface area contributed by atoms with Crippen LogP contribution in [0.4, 0.5) is 0 Å². The van der Waals surface area contributed by atoms with Gasteiger partial charge in [0.2, 0.25) is 5.91 Å². The molecule has 3 rings (SSSR count). The summed E-state index contributed by atoms with van der Waals surface area (Å²) in [7, 11) is 1.97. The molecule has 1 N–H and O–H groups in total. The monoisotopic (exact) mass is 347 g/mol. The highest BCUT2D eigenvalue weighted by molar-refractivity contribution is 7.09. The van der Waals surface area contributed by atoms with Crippen molar-refractivity contribution in [2.75, 3.05) is 19.6 Å². The van der Waals surface area contributed by atoms with Gasteiger partial charge in [0.1, 0.15) is 11.9 Å². The summed E-state index contributed by atoms with van der Waals surface area (Å²) in [4.78, 5) is 23.9. The zero-order valence-corrected chi connectivity index (χ0v) is 15.6. The summed E-state index contributed by atoms with van der Waals surface area (Å²) in [5.41, 5.74) is 0.892. The molecule has 2 aromatic rings. The van der Waals surface area contributed by atoms with E-state index >= 15 is 0 Å². The molecule has 1 aliphatic rings. The number of piperazine rings is 1. The highest BCUT2D eigenvalue weighted by atomic mass is 32.1. The van der Waals surface area contributed by atoms with Crippen molar-refractivity contribution in [3.8, 4) is 0 Å². The van der Waals surface area contributed by atoms with Gasteiger partial charge in [-0.1, -0.05) is 20.8 Å². The number of rotatable bonds is 3. The Balaban J connectivity index is 1.75. The second kappa shape index (κ2) is 6.64. The summed E-state index contributed by atoms with van der Waals surface area (Å²) in [6.45, 7) is 8.69. The van der Waals surface area contributed by atoms with Gasteiger partial charge in [-0.15, -0.1) is 11.3 Å². The van der Waals surface area contributed by atoms with Gasteiger partial charge in [0.15, 0.2) is 0 Å². The van der Waals surface area contributed by atoms with E-state index < -0.39 is 0 Å². The number of hydrogen-bond donors (Lipinski definition) is 1. The zero-order chi connectivity index (χ0) is 17.3. The Kier molecular flexibility index (Phi) is 4.73. The van der Waals surface area contributed by atoms with Crippen LogP contribution in [0.1, 0.15) is 43.3 Å². The first-order valence-electron chi connectivity index (χ1n) is 8.28. The van der Waals surface area contributed by atoms with Crippen molar-refractivity contribution in [2.45, 2.75) is 38.6 Å². The summed E-state index contributed by atoms with van der Waals surface area (Å²) in [5, 5.41) is 6.45. The average Bonchev–Trinajstić information content (AvgIpc) is 3.16. The van der Waals surface area contributed by atoms with Gasteiger partial charge in [0.05, 0.1) is 17.1 Å². The lowest BCUT2D eigenvalue weighted by molar-refractivity contribution is -0.134. The summed E-state index contributed by atoms with van der Waals surface area (Å²) in [6, 6.07) is -0.0213. The molecule has 0 saturated carbocycles. The lowest BCUT2D eigenvalue weighted by atomic mass is 9.98. The predicted octanol–water partition coefficient (Wildman–Crippen LogP) is 1.89. The molecule has 1 amide bonds. The first-order valence-corrected chi connectivity index (χ1v) is 9.16. The number of aromatic nitrogens is 3. The lowest BCUT2D eigenvalue weighted by Crippen LogP contribution is -2.49. The Morgan fingerprint density at radius 3 is 2.88 bits per heavy atom. The van der Waals surface area contributed by atoms with Gasteiger partial charge < -0.3 is 14.8 Å².